The number of carbonyl (C=O) groups excluding carboxylic acids is 1. The molecule has 0 spiro atoms. The van der Waals surface area contributed by atoms with Gasteiger partial charge in [0.1, 0.15) is 6.29 Å². The lowest BCUT2D eigenvalue weighted by atomic mass is 9.73. The van der Waals surface area contributed by atoms with E-state index in [1.807, 2.05) is 6.92 Å². The molecular weight excluding hydrogens is 180 g/mol. The molecule has 0 aromatic heterocycles. The van der Waals surface area contributed by atoms with Crippen LogP contribution in [0.2, 0.25) is 0 Å². The molecule has 0 unspecified atom stereocenters. The van der Waals surface area contributed by atoms with Crippen LogP contribution in [-0.4, -0.2) is 24.8 Å². The van der Waals surface area contributed by atoms with Crippen molar-refractivity contribution in [2.45, 2.75) is 50.9 Å². The molecule has 0 aromatic rings. The molecule has 2 aliphatic rings. The smallest absolute Gasteiger partial charge is 0.155 e. The average molecular weight is 198 g/mol. The van der Waals surface area contributed by atoms with E-state index in [0.29, 0.717) is 12.3 Å². The minimum atomic E-state index is -0.197. The maximum Gasteiger partial charge on any atom is 0.155 e. The zero-order valence-electron chi connectivity index (χ0n) is 8.70. The Hall–Kier alpha value is -0.410. The van der Waals surface area contributed by atoms with E-state index in [9.17, 15) is 4.79 Å². The van der Waals surface area contributed by atoms with Crippen molar-refractivity contribution in [3.8, 4) is 0 Å². The predicted octanol–water partition coefficient (Wildman–Crippen LogP) is 1.90. The Morgan fingerprint density at radius 1 is 1.50 bits per heavy atom. The molecule has 1 saturated heterocycles. The molecule has 14 heavy (non-hydrogen) atoms. The van der Waals surface area contributed by atoms with Gasteiger partial charge in [-0.3, -0.25) is 0 Å². The second kappa shape index (κ2) is 3.99. The Labute approximate surface area is 84.8 Å². The normalized spacial score (nSPS) is 42.9. The lowest BCUT2D eigenvalue weighted by molar-refractivity contribution is -0.283. The Balaban J connectivity index is 2.13. The average Bonchev–Trinajstić information content (AvgIpc) is 2.17. The highest BCUT2D eigenvalue weighted by atomic mass is 16.7. The molecule has 0 radical (unpaired) electrons. The van der Waals surface area contributed by atoms with Gasteiger partial charge in [-0.25, -0.2) is 0 Å². The highest BCUT2D eigenvalue weighted by Gasteiger charge is 2.45. The summed E-state index contributed by atoms with van der Waals surface area (Å²) in [5, 5.41) is 0. The van der Waals surface area contributed by atoms with Crippen LogP contribution in [-0.2, 0) is 14.3 Å². The largest absolute Gasteiger partial charge is 0.353 e. The van der Waals surface area contributed by atoms with Crippen molar-refractivity contribution in [1.29, 1.82) is 0 Å². The zero-order chi connectivity index (χ0) is 10.0. The molecule has 1 aliphatic heterocycles. The summed E-state index contributed by atoms with van der Waals surface area (Å²) in [6.07, 6.45) is 5.96. The number of carbonyl (C=O) groups is 1. The third kappa shape index (κ3) is 1.71. The molecule has 1 aliphatic carbocycles. The quantitative estimate of drug-likeness (QED) is 0.636. The molecular formula is C11H18O3. The Morgan fingerprint density at radius 3 is 3.14 bits per heavy atom. The molecule has 3 atom stereocenters. The molecule has 0 bridgehead atoms. The van der Waals surface area contributed by atoms with Crippen molar-refractivity contribution in [2.75, 3.05) is 6.61 Å². The van der Waals surface area contributed by atoms with E-state index in [2.05, 4.69) is 0 Å². The summed E-state index contributed by atoms with van der Waals surface area (Å²) in [6, 6.07) is 0. The molecule has 1 heterocycles. The van der Waals surface area contributed by atoms with E-state index in [1.165, 1.54) is 12.8 Å². The number of aldehydes is 1. The Bertz CT molecular complexity index is 217. The maximum atomic E-state index is 10.7. The molecule has 1 saturated carbocycles. The van der Waals surface area contributed by atoms with Crippen LogP contribution in [0.1, 0.15) is 39.0 Å². The number of fused-ring (bicyclic) bond motifs is 1. The molecule has 0 amide bonds. The lowest BCUT2D eigenvalue weighted by Crippen LogP contribution is -2.52. The van der Waals surface area contributed by atoms with Crippen molar-refractivity contribution in [3.63, 3.8) is 0 Å². The molecule has 0 N–H and O–H groups in total. The van der Waals surface area contributed by atoms with Crippen LogP contribution < -0.4 is 0 Å². The second-order valence-corrected chi connectivity index (χ2v) is 4.40. The van der Waals surface area contributed by atoms with E-state index >= 15 is 0 Å². The highest BCUT2D eigenvalue weighted by molar-refractivity contribution is 5.51. The molecule has 3 nitrogen and oxygen atoms in total. The standard InChI is InChI=1S/C11H18O3/c1-9-13-8-10-4-2-3-5-11(10,14-9)6-7-12/h7,9-10H,2-6,8H2,1H3/t9-,10+,11-/m1/s1. The lowest BCUT2D eigenvalue weighted by Gasteiger charge is -2.48. The summed E-state index contributed by atoms with van der Waals surface area (Å²) >= 11 is 0. The summed E-state index contributed by atoms with van der Waals surface area (Å²) in [4.78, 5) is 10.7. The molecule has 0 aromatic carbocycles. The van der Waals surface area contributed by atoms with Crippen LogP contribution in [0.15, 0.2) is 0 Å². The van der Waals surface area contributed by atoms with Gasteiger partial charge in [0.05, 0.1) is 12.2 Å². The van der Waals surface area contributed by atoms with E-state index in [1.54, 1.807) is 0 Å². The van der Waals surface area contributed by atoms with Crippen LogP contribution >= 0.6 is 0 Å². The van der Waals surface area contributed by atoms with Crippen molar-refractivity contribution < 1.29 is 14.3 Å². The zero-order valence-corrected chi connectivity index (χ0v) is 8.70. The third-order valence-corrected chi connectivity index (χ3v) is 3.51. The number of rotatable bonds is 2. The van der Waals surface area contributed by atoms with Crippen LogP contribution in [0.25, 0.3) is 0 Å². The van der Waals surface area contributed by atoms with E-state index in [4.69, 9.17) is 9.47 Å². The number of ether oxygens (including phenoxy) is 2. The molecule has 3 heteroatoms. The number of hydrogen-bond acceptors (Lipinski definition) is 3. The highest BCUT2D eigenvalue weighted by Crippen LogP contribution is 2.42. The molecule has 2 rings (SSSR count). The summed E-state index contributed by atoms with van der Waals surface area (Å²) < 4.78 is 11.3. The predicted molar refractivity (Wildman–Crippen MR) is 51.9 cm³/mol. The first-order chi connectivity index (χ1) is 6.77. The summed E-state index contributed by atoms with van der Waals surface area (Å²) in [6.45, 7) is 2.67. The van der Waals surface area contributed by atoms with Gasteiger partial charge >= 0.3 is 0 Å². The van der Waals surface area contributed by atoms with Crippen molar-refractivity contribution in [2.24, 2.45) is 5.92 Å². The van der Waals surface area contributed by atoms with Crippen LogP contribution in [0.3, 0.4) is 0 Å². The fourth-order valence-corrected chi connectivity index (χ4v) is 2.75. The monoisotopic (exact) mass is 198 g/mol. The van der Waals surface area contributed by atoms with Gasteiger partial charge in [0.25, 0.3) is 0 Å². The summed E-state index contributed by atoms with van der Waals surface area (Å²) in [5.74, 6) is 0.428. The van der Waals surface area contributed by atoms with Gasteiger partial charge in [-0.2, -0.15) is 0 Å². The minimum Gasteiger partial charge on any atom is -0.353 e. The van der Waals surface area contributed by atoms with E-state index in [0.717, 1.165) is 25.7 Å². The van der Waals surface area contributed by atoms with Gasteiger partial charge in [-0.05, 0) is 19.8 Å². The molecule has 80 valence electrons. The van der Waals surface area contributed by atoms with Crippen molar-refractivity contribution >= 4 is 6.29 Å². The van der Waals surface area contributed by atoms with Crippen LogP contribution in [0.5, 0.6) is 0 Å². The van der Waals surface area contributed by atoms with Gasteiger partial charge in [-0.1, -0.05) is 12.8 Å². The van der Waals surface area contributed by atoms with Gasteiger partial charge in [-0.15, -0.1) is 0 Å². The van der Waals surface area contributed by atoms with Gasteiger partial charge in [0.2, 0.25) is 0 Å². The first kappa shape index (κ1) is 10.1. The fraction of sp³-hybridized carbons (Fsp3) is 0.909. The van der Waals surface area contributed by atoms with Crippen LogP contribution in [0, 0.1) is 5.92 Å². The summed E-state index contributed by atoms with van der Waals surface area (Å²) in [5.41, 5.74) is -0.197. The Morgan fingerprint density at radius 2 is 2.36 bits per heavy atom. The van der Waals surface area contributed by atoms with Gasteiger partial charge in [0, 0.05) is 12.3 Å². The van der Waals surface area contributed by atoms with Crippen molar-refractivity contribution in [3.05, 3.63) is 0 Å². The number of hydrogen-bond donors (Lipinski definition) is 0. The third-order valence-electron chi connectivity index (χ3n) is 3.51. The van der Waals surface area contributed by atoms with Crippen molar-refractivity contribution in [1.82, 2.24) is 0 Å². The minimum absolute atomic E-state index is 0.149. The second-order valence-electron chi connectivity index (χ2n) is 4.40. The van der Waals surface area contributed by atoms with E-state index in [-0.39, 0.29) is 11.9 Å². The SMILES string of the molecule is C[C@@H]1OC[C@@H]2CCCC[C@]2(CC=O)O1. The first-order valence-corrected chi connectivity index (χ1v) is 5.50. The topological polar surface area (TPSA) is 35.5 Å². The maximum absolute atomic E-state index is 10.7. The van der Waals surface area contributed by atoms with E-state index < -0.39 is 0 Å². The first-order valence-electron chi connectivity index (χ1n) is 5.50. The molecule has 2 fully saturated rings. The van der Waals surface area contributed by atoms with Crippen LogP contribution in [0.4, 0.5) is 0 Å². The fourth-order valence-electron chi connectivity index (χ4n) is 2.75. The Kier molecular flexibility index (Phi) is 2.88. The summed E-state index contributed by atoms with van der Waals surface area (Å²) in [7, 11) is 0. The van der Waals surface area contributed by atoms with Gasteiger partial charge < -0.3 is 14.3 Å². The van der Waals surface area contributed by atoms with Gasteiger partial charge in [0.15, 0.2) is 6.29 Å².